The van der Waals surface area contributed by atoms with Gasteiger partial charge in [0.2, 0.25) is 11.8 Å². The van der Waals surface area contributed by atoms with Gasteiger partial charge in [-0.3, -0.25) is 14.4 Å². The Morgan fingerprint density at radius 2 is 1.73 bits per heavy atom. The van der Waals surface area contributed by atoms with Gasteiger partial charge in [0.25, 0.3) is 5.91 Å². The van der Waals surface area contributed by atoms with Crippen LogP contribution in [0.5, 0.6) is 0 Å². The van der Waals surface area contributed by atoms with Gasteiger partial charge in [0.05, 0.1) is 39.9 Å². The zero-order chi connectivity index (χ0) is 31.8. The third-order valence-corrected chi connectivity index (χ3v) is 12.3. The fourth-order valence-corrected chi connectivity index (χ4v) is 10.3. The minimum Gasteiger partial charge on any atom is -0.394 e. The van der Waals surface area contributed by atoms with Crippen molar-refractivity contribution in [3.8, 4) is 0 Å². The van der Waals surface area contributed by atoms with Crippen molar-refractivity contribution in [3.63, 3.8) is 0 Å². The first kappa shape index (κ1) is 32.3. The summed E-state index contributed by atoms with van der Waals surface area (Å²) in [5.41, 5.74) is 1.28. The molecule has 2 bridgehead atoms. The summed E-state index contributed by atoms with van der Waals surface area (Å²) in [6, 6.07) is 15.1. The van der Waals surface area contributed by atoms with Crippen molar-refractivity contribution in [1.29, 1.82) is 0 Å². The third kappa shape index (κ3) is 5.09. The average molecular weight is 636 g/mol. The Bertz CT molecular complexity index is 1420. The molecule has 2 aromatic rings. The van der Waals surface area contributed by atoms with Crippen molar-refractivity contribution >= 4 is 52.5 Å². The zero-order valence-corrected chi connectivity index (χ0v) is 27.2. The number of halogens is 1. The maximum Gasteiger partial charge on any atom is 0.251 e. The van der Waals surface area contributed by atoms with Crippen LogP contribution in [0.3, 0.4) is 0 Å². The van der Waals surface area contributed by atoms with Gasteiger partial charge in [-0.25, -0.2) is 0 Å². The summed E-state index contributed by atoms with van der Waals surface area (Å²) in [7, 11) is 0. The Morgan fingerprint density at radius 1 is 1.09 bits per heavy atom. The molecule has 3 fully saturated rings. The van der Waals surface area contributed by atoms with Gasteiger partial charge in [-0.15, -0.1) is 24.9 Å². The summed E-state index contributed by atoms with van der Waals surface area (Å²) in [4.78, 5) is 49.4. The second kappa shape index (κ2) is 13.1. The molecule has 8 atom stereocenters. The van der Waals surface area contributed by atoms with Crippen LogP contribution in [0.4, 0.5) is 11.4 Å². The van der Waals surface area contributed by atoms with Crippen LogP contribution in [0, 0.1) is 23.7 Å². The van der Waals surface area contributed by atoms with Crippen molar-refractivity contribution in [2.24, 2.45) is 23.7 Å². The molecule has 0 aromatic heterocycles. The summed E-state index contributed by atoms with van der Waals surface area (Å²) < 4.78 is -0.850. The second-order valence-electron chi connectivity index (χ2n) is 12.2. The van der Waals surface area contributed by atoms with Gasteiger partial charge >= 0.3 is 0 Å². The lowest BCUT2D eigenvalue weighted by atomic mass is 9.65. The number of rotatable bonds is 12. The van der Waals surface area contributed by atoms with E-state index >= 15 is 4.79 Å². The number of amides is 3. The van der Waals surface area contributed by atoms with E-state index in [-0.39, 0.29) is 48.0 Å². The van der Waals surface area contributed by atoms with E-state index < -0.39 is 28.7 Å². The number of likely N-dealkylation sites (tertiary alicyclic amines) is 1. The molecule has 3 saturated heterocycles. The molecular formula is C35H42ClN3O4S. The summed E-state index contributed by atoms with van der Waals surface area (Å²) in [5.74, 6) is -2.06. The van der Waals surface area contributed by atoms with E-state index in [1.807, 2.05) is 56.3 Å². The highest BCUT2D eigenvalue weighted by atomic mass is 35.5. The standard InChI is InChI=1S/C35H42ClN3O4S/c1-6-18-37(24-14-10-9-11-15-24)32(41)29-28-20-23(5)35(44-28)30(29)33(42)39(27(21-40)22(4)8-3)31(35)34(43)38(19-7-2)26-17-13-12-16-25(26)36/h6-7,9-17,22-23,27-31,40H,1-2,8,18-21H2,3-5H3/t22-,23?,27-,28+,29-,30-,31?,35?/m0/s1. The van der Waals surface area contributed by atoms with Crippen LogP contribution in [0.2, 0.25) is 5.02 Å². The number of hydrogen-bond acceptors (Lipinski definition) is 5. The highest BCUT2D eigenvalue weighted by molar-refractivity contribution is 8.02. The number of aliphatic hydroxyl groups is 1. The highest BCUT2D eigenvalue weighted by Crippen LogP contribution is 2.69. The molecule has 0 saturated carbocycles. The minimum absolute atomic E-state index is 0.0212. The number of nitrogens with zero attached hydrogens (tertiary/aromatic N) is 3. The largest absolute Gasteiger partial charge is 0.394 e. The molecule has 234 valence electrons. The van der Waals surface area contributed by atoms with E-state index in [0.717, 1.165) is 5.69 Å². The minimum atomic E-state index is -0.894. The van der Waals surface area contributed by atoms with Gasteiger partial charge in [-0.2, -0.15) is 0 Å². The van der Waals surface area contributed by atoms with E-state index in [0.29, 0.717) is 30.1 Å². The molecule has 1 N–H and O–H groups in total. The number of benzene rings is 2. The first-order valence-corrected chi connectivity index (χ1v) is 16.7. The molecule has 0 aliphatic carbocycles. The Balaban J connectivity index is 1.66. The Kier molecular flexibility index (Phi) is 9.64. The molecule has 3 aliphatic rings. The van der Waals surface area contributed by atoms with E-state index in [1.54, 1.807) is 50.7 Å². The Labute approximate surface area is 269 Å². The summed E-state index contributed by atoms with van der Waals surface area (Å²) in [5, 5.41) is 11.0. The van der Waals surface area contributed by atoms with Crippen molar-refractivity contribution in [3.05, 3.63) is 84.9 Å². The molecule has 3 amide bonds. The predicted octanol–water partition coefficient (Wildman–Crippen LogP) is 5.82. The van der Waals surface area contributed by atoms with Crippen LogP contribution < -0.4 is 9.80 Å². The summed E-state index contributed by atoms with van der Waals surface area (Å²) in [6.07, 6.45) is 4.76. The van der Waals surface area contributed by atoms with Crippen LogP contribution >= 0.6 is 23.4 Å². The van der Waals surface area contributed by atoms with Crippen LogP contribution in [-0.2, 0) is 14.4 Å². The molecule has 2 aromatic carbocycles. The van der Waals surface area contributed by atoms with Crippen molar-refractivity contribution in [1.82, 2.24) is 4.90 Å². The third-order valence-electron chi connectivity index (χ3n) is 9.91. The van der Waals surface area contributed by atoms with Gasteiger partial charge in [0, 0.05) is 24.0 Å². The topological polar surface area (TPSA) is 81.2 Å². The highest BCUT2D eigenvalue weighted by Gasteiger charge is 2.77. The zero-order valence-electron chi connectivity index (χ0n) is 25.6. The van der Waals surface area contributed by atoms with Gasteiger partial charge in [-0.1, -0.05) is 81.3 Å². The molecular weight excluding hydrogens is 594 g/mol. The van der Waals surface area contributed by atoms with Crippen LogP contribution in [0.1, 0.15) is 33.6 Å². The van der Waals surface area contributed by atoms with Gasteiger partial charge in [0.15, 0.2) is 0 Å². The molecule has 3 aliphatic heterocycles. The molecule has 7 nitrogen and oxygen atoms in total. The second-order valence-corrected chi connectivity index (χ2v) is 14.2. The summed E-state index contributed by atoms with van der Waals surface area (Å²) in [6.45, 7) is 14.1. The Morgan fingerprint density at radius 3 is 2.34 bits per heavy atom. The van der Waals surface area contributed by atoms with Crippen molar-refractivity contribution < 1.29 is 19.5 Å². The fraction of sp³-hybridized carbons (Fsp3) is 0.457. The molecule has 3 unspecified atom stereocenters. The van der Waals surface area contributed by atoms with Crippen LogP contribution in [0.25, 0.3) is 0 Å². The number of fused-ring (bicyclic) bond motifs is 1. The monoisotopic (exact) mass is 635 g/mol. The molecule has 44 heavy (non-hydrogen) atoms. The number of hydrogen-bond donors (Lipinski definition) is 1. The van der Waals surface area contributed by atoms with Gasteiger partial charge < -0.3 is 19.8 Å². The van der Waals surface area contributed by atoms with Crippen LogP contribution in [0.15, 0.2) is 79.9 Å². The normalized spacial score (nSPS) is 28.3. The van der Waals surface area contributed by atoms with Gasteiger partial charge in [-0.05, 0) is 42.5 Å². The number of anilines is 2. The number of aliphatic hydroxyl groups excluding tert-OH is 1. The lowest BCUT2D eigenvalue weighted by Crippen LogP contribution is -2.60. The van der Waals surface area contributed by atoms with Crippen LogP contribution in [-0.4, -0.2) is 69.5 Å². The molecule has 5 rings (SSSR count). The predicted molar refractivity (Wildman–Crippen MR) is 179 cm³/mol. The maximum absolute atomic E-state index is 15.0. The van der Waals surface area contributed by atoms with Gasteiger partial charge in [0.1, 0.15) is 6.04 Å². The van der Waals surface area contributed by atoms with Crippen molar-refractivity contribution in [2.45, 2.75) is 55.7 Å². The first-order valence-electron chi connectivity index (χ1n) is 15.4. The Hall–Kier alpha value is -3.07. The van der Waals surface area contributed by atoms with E-state index in [4.69, 9.17) is 11.6 Å². The molecule has 9 heteroatoms. The average Bonchev–Trinajstić information content (AvgIpc) is 3.63. The lowest BCUT2D eigenvalue weighted by molar-refractivity contribution is -0.143. The number of carbonyl (C=O) groups is 3. The maximum atomic E-state index is 15.0. The van der Waals surface area contributed by atoms with Crippen molar-refractivity contribution in [2.75, 3.05) is 29.5 Å². The smallest absolute Gasteiger partial charge is 0.251 e. The molecule has 1 spiro atoms. The molecule has 3 heterocycles. The number of carbonyl (C=O) groups excluding carboxylic acids is 3. The van der Waals surface area contributed by atoms with E-state index in [1.165, 1.54) is 0 Å². The SMILES string of the molecule is C=CCN(C(=O)[C@@H]1[C@H]2C(=O)N([C@@H](CO)[C@@H](C)CC)C(C(=O)N(CC=C)c3ccccc3Cl)C23S[C@@H]1CC3C)c1ccccc1. The van der Waals surface area contributed by atoms with E-state index in [2.05, 4.69) is 20.1 Å². The number of thioether (sulfide) groups is 1. The number of para-hydroxylation sites is 2. The molecule has 0 radical (unpaired) electrons. The lowest BCUT2D eigenvalue weighted by Gasteiger charge is -2.43. The first-order chi connectivity index (χ1) is 21.2. The fourth-order valence-electron chi connectivity index (χ4n) is 7.69. The quantitative estimate of drug-likeness (QED) is 0.297. The summed E-state index contributed by atoms with van der Waals surface area (Å²) >= 11 is 8.25. The van der Waals surface area contributed by atoms with E-state index in [9.17, 15) is 14.7 Å².